The molecular weight excluding hydrogens is 387 g/mol. The number of esters is 2. The van der Waals surface area contributed by atoms with Crippen LogP contribution in [0.5, 0.6) is 0 Å². The van der Waals surface area contributed by atoms with Crippen LogP contribution >= 0.6 is 0 Å². The molecule has 29 heavy (non-hydrogen) atoms. The SMILES string of the molecule is CC(=O)OC1C(F)C(COC(=O)c2ccc(C)cc2)OC1n1ccc(=O)[nH]c1=O. The highest BCUT2D eigenvalue weighted by atomic mass is 19.1. The maximum Gasteiger partial charge on any atom is 0.338 e. The molecule has 1 aliphatic heterocycles. The average molecular weight is 406 g/mol. The first kappa shape index (κ1) is 20.5. The van der Waals surface area contributed by atoms with Gasteiger partial charge in [0.2, 0.25) is 0 Å². The predicted molar refractivity (Wildman–Crippen MR) is 97.1 cm³/mol. The maximum atomic E-state index is 14.9. The number of hydrogen-bond donors (Lipinski definition) is 1. The summed E-state index contributed by atoms with van der Waals surface area (Å²) in [4.78, 5) is 48.8. The van der Waals surface area contributed by atoms with E-state index >= 15 is 0 Å². The van der Waals surface area contributed by atoms with E-state index in [9.17, 15) is 23.6 Å². The Morgan fingerprint density at radius 3 is 2.52 bits per heavy atom. The van der Waals surface area contributed by atoms with Crippen molar-refractivity contribution in [2.24, 2.45) is 0 Å². The van der Waals surface area contributed by atoms with Gasteiger partial charge in [0.25, 0.3) is 5.56 Å². The number of rotatable bonds is 5. The van der Waals surface area contributed by atoms with Gasteiger partial charge in [-0.25, -0.2) is 14.0 Å². The molecule has 1 saturated heterocycles. The molecule has 4 atom stereocenters. The fourth-order valence-corrected chi connectivity index (χ4v) is 2.93. The Morgan fingerprint density at radius 1 is 1.21 bits per heavy atom. The summed E-state index contributed by atoms with van der Waals surface area (Å²) in [7, 11) is 0. The van der Waals surface area contributed by atoms with E-state index in [-0.39, 0.29) is 5.56 Å². The molecule has 2 heterocycles. The molecule has 0 amide bonds. The van der Waals surface area contributed by atoms with Gasteiger partial charge in [-0.05, 0) is 19.1 Å². The number of H-pyrrole nitrogens is 1. The quantitative estimate of drug-likeness (QED) is 0.732. The highest BCUT2D eigenvalue weighted by Crippen LogP contribution is 2.33. The van der Waals surface area contributed by atoms with Gasteiger partial charge in [-0.2, -0.15) is 0 Å². The van der Waals surface area contributed by atoms with E-state index in [2.05, 4.69) is 0 Å². The summed E-state index contributed by atoms with van der Waals surface area (Å²) in [6.07, 6.45) is -4.83. The number of hydrogen-bond acceptors (Lipinski definition) is 7. The summed E-state index contributed by atoms with van der Waals surface area (Å²) in [6.45, 7) is 2.49. The van der Waals surface area contributed by atoms with E-state index in [0.717, 1.165) is 29.3 Å². The fraction of sp³-hybridized carbons (Fsp3) is 0.368. The second-order valence-corrected chi connectivity index (χ2v) is 6.57. The molecule has 0 radical (unpaired) electrons. The molecule has 1 aromatic heterocycles. The van der Waals surface area contributed by atoms with Gasteiger partial charge < -0.3 is 14.2 Å². The largest absolute Gasteiger partial charge is 0.459 e. The van der Waals surface area contributed by atoms with Crippen LogP contribution in [-0.4, -0.2) is 46.5 Å². The first-order valence-electron chi connectivity index (χ1n) is 8.78. The lowest BCUT2D eigenvalue weighted by Crippen LogP contribution is -2.38. The molecule has 0 aliphatic carbocycles. The van der Waals surface area contributed by atoms with Crippen molar-refractivity contribution in [1.29, 1.82) is 0 Å². The molecule has 154 valence electrons. The minimum Gasteiger partial charge on any atom is -0.459 e. The fourth-order valence-electron chi connectivity index (χ4n) is 2.93. The summed E-state index contributed by atoms with van der Waals surface area (Å²) < 4.78 is 31.4. The highest BCUT2D eigenvalue weighted by molar-refractivity contribution is 5.89. The van der Waals surface area contributed by atoms with Crippen LogP contribution < -0.4 is 11.2 Å². The van der Waals surface area contributed by atoms with Gasteiger partial charge in [0.1, 0.15) is 12.7 Å². The third-order valence-corrected chi connectivity index (χ3v) is 4.36. The summed E-state index contributed by atoms with van der Waals surface area (Å²) in [5.74, 6) is -1.45. The summed E-state index contributed by atoms with van der Waals surface area (Å²) in [6, 6.07) is 7.66. The number of aromatic amines is 1. The smallest absolute Gasteiger partial charge is 0.338 e. The zero-order valence-electron chi connectivity index (χ0n) is 15.7. The van der Waals surface area contributed by atoms with E-state index in [1.807, 2.05) is 11.9 Å². The van der Waals surface area contributed by atoms with Crippen molar-refractivity contribution in [2.75, 3.05) is 6.61 Å². The predicted octanol–water partition coefficient (Wildman–Crippen LogP) is 0.869. The van der Waals surface area contributed by atoms with Gasteiger partial charge in [0, 0.05) is 19.2 Å². The van der Waals surface area contributed by atoms with Crippen molar-refractivity contribution in [3.05, 3.63) is 68.5 Å². The van der Waals surface area contributed by atoms with Crippen LogP contribution in [-0.2, 0) is 19.0 Å². The molecule has 4 unspecified atom stereocenters. The number of nitrogens with zero attached hydrogens (tertiary/aromatic N) is 1. The summed E-state index contributed by atoms with van der Waals surface area (Å²) >= 11 is 0. The average Bonchev–Trinajstić information content (AvgIpc) is 2.96. The Morgan fingerprint density at radius 2 is 1.90 bits per heavy atom. The monoisotopic (exact) mass is 406 g/mol. The minimum atomic E-state index is -1.87. The van der Waals surface area contributed by atoms with Crippen LogP contribution in [0.4, 0.5) is 4.39 Å². The third kappa shape index (κ3) is 4.60. The lowest BCUT2D eigenvalue weighted by molar-refractivity contribution is -0.154. The van der Waals surface area contributed by atoms with Crippen molar-refractivity contribution in [2.45, 2.75) is 38.5 Å². The molecular formula is C19H19FN2O7. The van der Waals surface area contributed by atoms with Crippen LogP contribution in [0.2, 0.25) is 0 Å². The van der Waals surface area contributed by atoms with Crippen LogP contribution in [0.15, 0.2) is 46.1 Å². The zero-order valence-corrected chi connectivity index (χ0v) is 15.7. The number of aryl methyl sites for hydroxylation is 1. The number of nitrogens with one attached hydrogen (secondary N) is 1. The number of halogens is 1. The minimum absolute atomic E-state index is 0.286. The van der Waals surface area contributed by atoms with Gasteiger partial charge >= 0.3 is 17.6 Å². The van der Waals surface area contributed by atoms with Crippen molar-refractivity contribution in [1.82, 2.24) is 9.55 Å². The van der Waals surface area contributed by atoms with Crippen molar-refractivity contribution >= 4 is 11.9 Å². The number of aromatic nitrogens is 2. The topological polar surface area (TPSA) is 117 Å². The molecule has 1 aliphatic rings. The molecule has 1 N–H and O–H groups in total. The normalized spacial score (nSPS) is 23.6. The number of carbonyl (C=O) groups excluding carboxylic acids is 2. The Labute approximate surface area is 164 Å². The molecule has 0 saturated carbocycles. The molecule has 10 heteroatoms. The summed E-state index contributed by atoms with van der Waals surface area (Å²) in [5, 5.41) is 0. The summed E-state index contributed by atoms with van der Waals surface area (Å²) in [5.41, 5.74) is -0.255. The number of alkyl halides is 1. The lowest BCUT2D eigenvalue weighted by atomic mass is 10.1. The molecule has 0 bridgehead atoms. The molecule has 9 nitrogen and oxygen atoms in total. The van der Waals surface area contributed by atoms with Crippen LogP contribution in [0, 0.1) is 6.92 Å². The maximum absolute atomic E-state index is 14.9. The van der Waals surface area contributed by atoms with E-state index in [0.29, 0.717) is 0 Å². The zero-order chi connectivity index (χ0) is 21.1. The third-order valence-electron chi connectivity index (χ3n) is 4.36. The van der Waals surface area contributed by atoms with Crippen LogP contribution in [0.3, 0.4) is 0 Å². The van der Waals surface area contributed by atoms with E-state index in [4.69, 9.17) is 14.2 Å². The van der Waals surface area contributed by atoms with Gasteiger partial charge in [-0.15, -0.1) is 0 Å². The van der Waals surface area contributed by atoms with Gasteiger partial charge in [-0.1, -0.05) is 17.7 Å². The Kier molecular flexibility index (Phi) is 5.92. The first-order chi connectivity index (χ1) is 13.8. The number of carbonyl (C=O) groups is 2. The van der Waals surface area contributed by atoms with Gasteiger partial charge in [0.15, 0.2) is 18.5 Å². The van der Waals surface area contributed by atoms with Crippen LogP contribution in [0.1, 0.15) is 29.1 Å². The second kappa shape index (κ2) is 8.39. The second-order valence-electron chi connectivity index (χ2n) is 6.57. The lowest BCUT2D eigenvalue weighted by Gasteiger charge is -2.20. The van der Waals surface area contributed by atoms with Crippen molar-refractivity contribution < 1.29 is 28.2 Å². The molecule has 1 fully saturated rings. The standard InChI is InChI=1S/C19H19FN2O7/c1-10-3-5-12(6-4-10)18(25)27-9-13-15(20)16(28-11(2)23)17(29-13)22-8-7-14(24)21-19(22)26/h3-8,13,15-17H,9H2,1-2H3,(H,21,24,26). The molecule has 2 aromatic rings. The van der Waals surface area contributed by atoms with E-state index in [1.54, 1.807) is 24.3 Å². The molecule has 0 spiro atoms. The molecule has 3 rings (SSSR count). The Bertz CT molecular complexity index is 1010. The number of benzene rings is 1. The van der Waals surface area contributed by atoms with Crippen molar-refractivity contribution in [3.8, 4) is 0 Å². The van der Waals surface area contributed by atoms with Gasteiger partial charge in [0.05, 0.1) is 5.56 Å². The highest BCUT2D eigenvalue weighted by Gasteiger charge is 2.49. The Balaban J connectivity index is 1.76. The molecule has 1 aromatic carbocycles. The van der Waals surface area contributed by atoms with E-state index < -0.39 is 54.4 Å². The van der Waals surface area contributed by atoms with E-state index in [1.165, 1.54) is 0 Å². The van der Waals surface area contributed by atoms with Crippen molar-refractivity contribution in [3.63, 3.8) is 0 Å². The number of ether oxygens (including phenoxy) is 3. The first-order valence-corrected chi connectivity index (χ1v) is 8.78. The van der Waals surface area contributed by atoms with Gasteiger partial charge in [-0.3, -0.25) is 19.1 Å². The van der Waals surface area contributed by atoms with Crippen LogP contribution in [0.25, 0.3) is 0 Å². The Hall–Kier alpha value is -3.27.